The lowest BCUT2D eigenvalue weighted by Crippen LogP contribution is -2.50. The second-order valence-electron chi connectivity index (χ2n) is 10.2. The molecule has 236 valence electrons. The van der Waals surface area contributed by atoms with Crippen molar-refractivity contribution < 1.29 is 32.6 Å². The van der Waals surface area contributed by atoms with Crippen molar-refractivity contribution in [2.75, 3.05) is 56.5 Å². The molecule has 0 bridgehead atoms. The van der Waals surface area contributed by atoms with Crippen LogP contribution in [0.1, 0.15) is 22.2 Å². The molecule has 45 heavy (non-hydrogen) atoms. The van der Waals surface area contributed by atoms with E-state index in [0.717, 1.165) is 11.6 Å². The van der Waals surface area contributed by atoms with Crippen molar-refractivity contribution >= 4 is 51.0 Å². The highest BCUT2D eigenvalue weighted by molar-refractivity contribution is 7.21. The fourth-order valence-electron chi connectivity index (χ4n) is 4.69. The van der Waals surface area contributed by atoms with Crippen molar-refractivity contribution in [3.05, 3.63) is 76.8 Å². The quantitative estimate of drug-likeness (QED) is 0.211. The molecule has 1 saturated heterocycles. The molecule has 4 aromatic rings. The number of aromatic nitrogens is 1. The number of nitrogens with zero attached hydrogens (tertiary/aromatic N) is 3. The number of benzene rings is 2. The number of urea groups is 1. The summed E-state index contributed by atoms with van der Waals surface area (Å²) in [5.74, 6) is -1.07. The number of thiophene rings is 1. The number of halogens is 2. The minimum atomic E-state index is -0.802. The van der Waals surface area contributed by atoms with Crippen LogP contribution in [0, 0.1) is 18.6 Å². The first-order valence-electron chi connectivity index (χ1n) is 14.3. The zero-order chi connectivity index (χ0) is 31.9. The number of aryl methyl sites for hydroxylation is 1. The summed E-state index contributed by atoms with van der Waals surface area (Å²) >= 11 is 1.20. The van der Waals surface area contributed by atoms with Crippen molar-refractivity contribution in [1.29, 1.82) is 0 Å². The first kappa shape index (κ1) is 31.6. The molecule has 3 N–H and O–H groups in total. The molecule has 5 rings (SSSR count). The number of carbonyl (C=O) groups excluding carboxylic acids is 3. The number of amides is 4. The van der Waals surface area contributed by atoms with Crippen LogP contribution in [0.2, 0.25) is 0 Å². The Hall–Kier alpha value is -4.82. The number of rotatable bonds is 9. The van der Waals surface area contributed by atoms with Gasteiger partial charge in [-0.05, 0) is 49.7 Å². The smallest absolute Gasteiger partial charge is 0.409 e. The maximum atomic E-state index is 14.9. The first-order valence-corrected chi connectivity index (χ1v) is 15.1. The molecule has 2 aromatic carbocycles. The van der Waals surface area contributed by atoms with E-state index < -0.39 is 17.7 Å². The van der Waals surface area contributed by atoms with Gasteiger partial charge in [-0.25, -0.2) is 18.4 Å². The molecule has 0 radical (unpaired) electrons. The molecule has 4 amide bonds. The normalized spacial score (nSPS) is 13.4. The van der Waals surface area contributed by atoms with Gasteiger partial charge in [0.25, 0.3) is 5.91 Å². The summed E-state index contributed by atoms with van der Waals surface area (Å²) in [4.78, 5) is 45.7. The molecule has 14 heteroatoms. The van der Waals surface area contributed by atoms with Crippen LogP contribution in [0.3, 0.4) is 0 Å². The number of hydrogen-bond donors (Lipinski definition) is 3. The SMILES string of the molecule is CCOC(=O)N1CCN(CCNC(=O)c2cc3nccc(Oc4ccc(NC(=O)Nc5cc(C)ccc5F)c(F)c4)c3s2)CC1. The van der Waals surface area contributed by atoms with E-state index >= 15 is 0 Å². The van der Waals surface area contributed by atoms with Gasteiger partial charge in [-0.1, -0.05) is 6.07 Å². The van der Waals surface area contributed by atoms with Crippen molar-refractivity contribution in [2.24, 2.45) is 0 Å². The van der Waals surface area contributed by atoms with Gasteiger partial charge in [-0.2, -0.15) is 0 Å². The number of pyridine rings is 1. The van der Waals surface area contributed by atoms with Gasteiger partial charge in [0.05, 0.1) is 33.1 Å². The van der Waals surface area contributed by atoms with E-state index in [1.54, 1.807) is 36.9 Å². The minimum absolute atomic E-state index is 0.0237. The highest BCUT2D eigenvalue weighted by Gasteiger charge is 2.22. The summed E-state index contributed by atoms with van der Waals surface area (Å²) < 4.78 is 40.4. The number of nitrogens with one attached hydrogen (secondary N) is 3. The van der Waals surface area contributed by atoms with Gasteiger partial charge in [0, 0.05) is 57.6 Å². The van der Waals surface area contributed by atoms with Gasteiger partial charge in [0.2, 0.25) is 0 Å². The highest BCUT2D eigenvalue weighted by atomic mass is 32.1. The van der Waals surface area contributed by atoms with Crippen LogP contribution in [0.5, 0.6) is 11.5 Å². The Bertz CT molecular complexity index is 1710. The fraction of sp³-hybridized carbons (Fsp3) is 0.290. The summed E-state index contributed by atoms with van der Waals surface area (Å²) in [6.45, 7) is 7.49. The maximum absolute atomic E-state index is 14.9. The van der Waals surface area contributed by atoms with Crippen LogP contribution in [0.15, 0.2) is 54.7 Å². The minimum Gasteiger partial charge on any atom is -0.456 e. The Kier molecular flexibility index (Phi) is 10.0. The molecule has 2 aromatic heterocycles. The molecule has 1 aliphatic heterocycles. The number of ether oxygens (including phenoxy) is 2. The average molecular weight is 639 g/mol. The van der Waals surface area contributed by atoms with Crippen molar-refractivity contribution in [3.63, 3.8) is 0 Å². The van der Waals surface area contributed by atoms with Crippen molar-refractivity contribution in [3.8, 4) is 11.5 Å². The Balaban J connectivity index is 1.16. The number of carbonyl (C=O) groups is 3. The van der Waals surface area contributed by atoms with Gasteiger partial charge in [0.15, 0.2) is 0 Å². The molecule has 0 spiro atoms. The van der Waals surface area contributed by atoms with E-state index in [-0.39, 0.29) is 29.1 Å². The molecule has 11 nitrogen and oxygen atoms in total. The molecule has 0 unspecified atom stereocenters. The van der Waals surface area contributed by atoms with Crippen LogP contribution in [0.4, 0.5) is 29.7 Å². The summed E-state index contributed by atoms with van der Waals surface area (Å²) in [5, 5.41) is 7.66. The first-order chi connectivity index (χ1) is 21.7. The number of piperazine rings is 1. The molecular weight excluding hydrogens is 606 g/mol. The van der Waals surface area contributed by atoms with Crippen LogP contribution >= 0.6 is 11.3 Å². The average Bonchev–Trinajstić information content (AvgIpc) is 3.47. The zero-order valence-corrected chi connectivity index (χ0v) is 25.5. The summed E-state index contributed by atoms with van der Waals surface area (Å²) in [6, 6.07) is 10.7. The summed E-state index contributed by atoms with van der Waals surface area (Å²) in [5.41, 5.74) is 1.16. The monoisotopic (exact) mass is 638 g/mol. The van der Waals surface area contributed by atoms with Crippen LogP contribution in [0.25, 0.3) is 10.2 Å². The second-order valence-corrected chi connectivity index (χ2v) is 11.3. The third kappa shape index (κ3) is 8.02. The van der Waals surface area contributed by atoms with Crippen LogP contribution in [-0.2, 0) is 4.74 Å². The third-order valence-corrected chi connectivity index (χ3v) is 8.14. The van der Waals surface area contributed by atoms with E-state index in [1.165, 1.54) is 41.8 Å². The third-order valence-electron chi connectivity index (χ3n) is 7.00. The van der Waals surface area contributed by atoms with Crippen molar-refractivity contribution in [1.82, 2.24) is 20.1 Å². The van der Waals surface area contributed by atoms with E-state index in [2.05, 4.69) is 25.8 Å². The topological polar surface area (TPSA) is 125 Å². The number of fused-ring (bicyclic) bond motifs is 1. The van der Waals surface area contributed by atoms with Gasteiger partial charge in [-0.3, -0.25) is 14.7 Å². The van der Waals surface area contributed by atoms with E-state index in [9.17, 15) is 23.2 Å². The molecule has 0 atom stereocenters. The Morgan fingerprint density at radius 1 is 0.956 bits per heavy atom. The van der Waals surface area contributed by atoms with E-state index in [1.807, 2.05) is 0 Å². The highest BCUT2D eigenvalue weighted by Crippen LogP contribution is 2.35. The summed E-state index contributed by atoms with van der Waals surface area (Å²) in [7, 11) is 0. The Morgan fingerprint density at radius 3 is 2.49 bits per heavy atom. The predicted octanol–water partition coefficient (Wildman–Crippen LogP) is 5.82. The van der Waals surface area contributed by atoms with Gasteiger partial charge in [0.1, 0.15) is 23.1 Å². The zero-order valence-electron chi connectivity index (χ0n) is 24.7. The summed E-state index contributed by atoms with van der Waals surface area (Å²) in [6.07, 6.45) is 1.23. The molecule has 1 aliphatic rings. The van der Waals surface area contributed by atoms with E-state index in [0.29, 0.717) is 66.7 Å². The van der Waals surface area contributed by atoms with Crippen molar-refractivity contribution in [2.45, 2.75) is 13.8 Å². The number of hydrogen-bond acceptors (Lipinski definition) is 8. The maximum Gasteiger partial charge on any atom is 0.409 e. The second kappa shape index (κ2) is 14.3. The largest absolute Gasteiger partial charge is 0.456 e. The van der Waals surface area contributed by atoms with Gasteiger partial charge in [-0.15, -0.1) is 11.3 Å². The molecular formula is C31H32F2N6O5S. The standard InChI is InChI=1S/C31H32F2N6O5S/c1-3-43-31(42)39-14-12-38(13-15-39)11-10-35-29(40)27-18-25-28(45-27)26(8-9-34-25)44-20-5-7-23(22(33)17-20)36-30(41)37-24-16-19(2)4-6-21(24)32/h4-9,16-18H,3,10-15H2,1-2H3,(H,35,40)(H2,36,37,41). The lowest BCUT2D eigenvalue weighted by molar-refractivity contribution is 0.0792. The molecule has 1 fully saturated rings. The van der Waals surface area contributed by atoms with E-state index in [4.69, 9.17) is 9.47 Å². The van der Waals surface area contributed by atoms with Gasteiger partial charge < -0.3 is 30.3 Å². The predicted molar refractivity (Wildman–Crippen MR) is 167 cm³/mol. The van der Waals surface area contributed by atoms with Gasteiger partial charge >= 0.3 is 12.1 Å². The number of anilines is 2. The van der Waals surface area contributed by atoms with Crippen LogP contribution in [-0.4, -0.2) is 78.7 Å². The lowest BCUT2D eigenvalue weighted by atomic mass is 10.2. The Morgan fingerprint density at radius 2 is 1.73 bits per heavy atom. The lowest BCUT2D eigenvalue weighted by Gasteiger charge is -2.33. The molecule has 0 aliphatic carbocycles. The van der Waals surface area contributed by atoms with Crippen LogP contribution < -0.4 is 20.7 Å². The Labute approximate surface area is 262 Å². The molecule has 0 saturated carbocycles. The molecule has 3 heterocycles. The fourth-order valence-corrected chi connectivity index (χ4v) is 5.67.